The maximum absolute atomic E-state index is 13.4. The Morgan fingerprint density at radius 1 is 1.17 bits per heavy atom. The zero-order chi connectivity index (χ0) is 25.2. The van der Waals surface area contributed by atoms with E-state index < -0.39 is 26.9 Å². The van der Waals surface area contributed by atoms with Crippen LogP contribution in [0.1, 0.15) is 48.4 Å². The molecule has 35 heavy (non-hydrogen) atoms. The number of sulfone groups is 1. The van der Waals surface area contributed by atoms with Crippen molar-refractivity contribution >= 4 is 9.84 Å². The molecule has 0 aliphatic carbocycles. The highest BCUT2D eigenvalue weighted by molar-refractivity contribution is 7.91. The molecule has 0 amide bonds. The van der Waals surface area contributed by atoms with Crippen LogP contribution in [-0.2, 0) is 20.3 Å². The van der Waals surface area contributed by atoms with E-state index in [1.165, 1.54) is 33.5 Å². The van der Waals surface area contributed by atoms with Gasteiger partial charge in [0.15, 0.2) is 21.5 Å². The predicted octanol–water partition coefficient (Wildman–Crippen LogP) is 1.92. The van der Waals surface area contributed by atoms with E-state index in [4.69, 9.17) is 14.2 Å². The monoisotopic (exact) mass is 503 g/mol. The van der Waals surface area contributed by atoms with Crippen molar-refractivity contribution in [3.63, 3.8) is 0 Å². The summed E-state index contributed by atoms with van der Waals surface area (Å²) in [5.74, 6) is 1.19. The zero-order valence-corrected chi connectivity index (χ0v) is 20.9. The summed E-state index contributed by atoms with van der Waals surface area (Å²) in [4.78, 5) is 8.16. The standard InChI is InChI=1S/C23H29N5O6S/c1-14-10-24-22(25-11-14)21(29)15(2)35(30,31)13-19-26-27-23(16-8-9-34-12-16)28(19)20-17(32-3)6-5-7-18(20)33-4/h5-7,10-11,15-16,21,29H,8-9,12-13H2,1-4H3/t15-,16+,21-/m0/s1. The van der Waals surface area contributed by atoms with Gasteiger partial charge in [0.25, 0.3) is 0 Å². The Morgan fingerprint density at radius 3 is 2.40 bits per heavy atom. The third-order valence-corrected chi connectivity index (χ3v) is 8.13. The number of methoxy groups -OCH3 is 2. The van der Waals surface area contributed by atoms with Gasteiger partial charge in [-0.25, -0.2) is 18.4 Å². The van der Waals surface area contributed by atoms with Crippen molar-refractivity contribution in [2.24, 2.45) is 0 Å². The number of nitrogens with zero attached hydrogens (tertiary/aromatic N) is 5. The number of rotatable bonds is 9. The molecule has 11 nitrogen and oxygen atoms in total. The SMILES string of the molecule is COc1cccc(OC)c1-n1c(CS(=O)(=O)[C@@H](C)[C@H](O)c2ncc(C)cn2)nnc1[C@@H]1CCOC1. The van der Waals surface area contributed by atoms with Crippen LogP contribution in [0.5, 0.6) is 11.5 Å². The average molecular weight is 504 g/mol. The minimum absolute atomic E-state index is 0.0448. The van der Waals surface area contributed by atoms with Crippen molar-refractivity contribution in [1.29, 1.82) is 0 Å². The molecule has 1 saturated heterocycles. The molecular weight excluding hydrogens is 474 g/mol. The molecule has 3 aromatic rings. The van der Waals surface area contributed by atoms with Gasteiger partial charge in [0.2, 0.25) is 0 Å². The number of aliphatic hydroxyl groups is 1. The molecule has 1 fully saturated rings. The molecule has 1 aliphatic rings. The fraction of sp³-hybridized carbons (Fsp3) is 0.478. The Hall–Kier alpha value is -3.09. The molecule has 3 atom stereocenters. The van der Waals surface area contributed by atoms with Crippen LogP contribution < -0.4 is 9.47 Å². The van der Waals surface area contributed by atoms with E-state index in [9.17, 15) is 13.5 Å². The van der Waals surface area contributed by atoms with Crippen molar-refractivity contribution in [3.8, 4) is 17.2 Å². The van der Waals surface area contributed by atoms with Gasteiger partial charge >= 0.3 is 0 Å². The number of aromatic nitrogens is 5. The Morgan fingerprint density at radius 2 is 1.83 bits per heavy atom. The van der Waals surface area contributed by atoms with Gasteiger partial charge in [-0.15, -0.1) is 10.2 Å². The van der Waals surface area contributed by atoms with E-state index in [-0.39, 0.29) is 17.6 Å². The highest BCUT2D eigenvalue weighted by Gasteiger charge is 2.35. The first kappa shape index (κ1) is 25.0. The zero-order valence-electron chi connectivity index (χ0n) is 20.1. The highest BCUT2D eigenvalue weighted by Crippen LogP contribution is 2.37. The second-order valence-corrected chi connectivity index (χ2v) is 10.8. The molecule has 12 heteroatoms. The summed E-state index contributed by atoms with van der Waals surface area (Å²) < 4.78 is 45.2. The van der Waals surface area contributed by atoms with Crippen molar-refractivity contribution < 1.29 is 27.7 Å². The molecular formula is C23H29N5O6S. The summed E-state index contributed by atoms with van der Waals surface area (Å²) in [5.41, 5.74) is 1.31. The lowest BCUT2D eigenvalue weighted by Gasteiger charge is -2.21. The lowest BCUT2D eigenvalue weighted by molar-refractivity contribution is 0.166. The van der Waals surface area contributed by atoms with Gasteiger partial charge in [0.05, 0.1) is 26.1 Å². The first-order valence-corrected chi connectivity index (χ1v) is 12.9. The van der Waals surface area contributed by atoms with E-state index in [0.717, 1.165) is 12.0 Å². The first-order chi connectivity index (χ1) is 16.8. The minimum atomic E-state index is -3.92. The Bertz CT molecular complexity index is 1250. The quantitative estimate of drug-likeness (QED) is 0.461. The maximum atomic E-state index is 13.4. The van der Waals surface area contributed by atoms with E-state index in [1.807, 2.05) is 6.92 Å². The molecule has 0 radical (unpaired) electrons. The van der Waals surface area contributed by atoms with E-state index >= 15 is 0 Å². The molecule has 0 bridgehead atoms. The van der Waals surface area contributed by atoms with Gasteiger partial charge in [-0.1, -0.05) is 6.07 Å². The molecule has 2 aromatic heterocycles. The number of benzene rings is 1. The predicted molar refractivity (Wildman–Crippen MR) is 126 cm³/mol. The summed E-state index contributed by atoms with van der Waals surface area (Å²) in [6.07, 6.45) is 2.39. The normalized spacial score (nSPS) is 17.8. The van der Waals surface area contributed by atoms with Gasteiger partial charge in [0, 0.05) is 24.9 Å². The van der Waals surface area contributed by atoms with Crippen LogP contribution in [0.25, 0.3) is 5.69 Å². The van der Waals surface area contributed by atoms with Crippen LogP contribution in [0.4, 0.5) is 0 Å². The Balaban J connectivity index is 1.76. The van der Waals surface area contributed by atoms with Crippen LogP contribution in [0, 0.1) is 6.92 Å². The third kappa shape index (κ3) is 5.00. The van der Waals surface area contributed by atoms with Crippen LogP contribution in [0.3, 0.4) is 0 Å². The van der Waals surface area contributed by atoms with Crippen LogP contribution >= 0.6 is 0 Å². The molecule has 0 unspecified atom stereocenters. The van der Waals surface area contributed by atoms with Crippen LogP contribution in [-0.4, -0.2) is 70.9 Å². The molecule has 1 aromatic carbocycles. The van der Waals surface area contributed by atoms with E-state index in [0.29, 0.717) is 36.2 Å². The van der Waals surface area contributed by atoms with Gasteiger partial charge in [0.1, 0.15) is 34.9 Å². The number of para-hydroxylation sites is 1. The topological polar surface area (TPSA) is 139 Å². The number of hydrogen-bond donors (Lipinski definition) is 1. The fourth-order valence-corrected chi connectivity index (χ4v) is 5.32. The number of aliphatic hydroxyl groups excluding tert-OH is 1. The van der Waals surface area contributed by atoms with Crippen LogP contribution in [0.2, 0.25) is 0 Å². The summed E-state index contributed by atoms with van der Waals surface area (Å²) in [6.45, 7) is 4.26. The third-order valence-electron chi connectivity index (χ3n) is 6.08. The lowest BCUT2D eigenvalue weighted by atomic mass is 10.1. The molecule has 188 valence electrons. The van der Waals surface area contributed by atoms with Gasteiger partial charge in [-0.05, 0) is 38.0 Å². The van der Waals surface area contributed by atoms with Crippen molar-refractivity contribution in [1.82, 2.24) is 24.7 Å². The fourth-order valence-electron chi connectivity index (χ4n) is 4.00. The molecule has 0 saturated carbocycles. The summed E-state index contributed by atoms with van der Waals surface area (Å²) in [7, 11) is -0.866. The largest absolute Gasteiger partial charge is 0.494 e. The highest BCUT2D eigenvalue weighted by atomic mass is 32.2. The Labute approximate surface area is 204 Å². The van der Waals surface area contributed by atoms with Gasteiger partial charge in [-0.3, -0.25) is 4.57 Å². The van der Waals surface area contributed by atoms with Gasteiger partial charge < -0.3 is 19.3 Å². The van der Waals surface area contributed by atoms with E-state index in [2.05, 4.69) is 20.2 Å². The molecule has 3 heterocycles. The summed E-state index contributed by atoms with van der Waals surface area (Å²) in [5, 5.41) is 18.1. The molecule has 4 rings (SSSR count). The van der Waals surface area contributed by atoms with Crippen molar-refractivity contribution in [3.05, 3.63) is 53.6 Å². The van der Waals surface area contributed by atoms with Crippen molar-refractivity contribution in [2.45, 2.75) is 43.3 Å². The number of ether oxygens (including phenoxy) is 3. The second kappa shape index (κ2) is 10.3. The summed E-state index contributed by atoms with van der Waals surface area (Å²) >= 11 is 0. The number of hydrogen-bond acceptors (Lipinski definition) is 10. The molecule has 1 N–H and O–H groups in total. The average Bonchev–Trinajstić information content (AvgIpc) is 3.52. The van der Waals surface area contributed by atoms with Crippen LogP contribution in [0.15, 0.2) is 30.6 Å². The minimum Gasteiger partial charge on any atom is -0.494 e. The lowest BCUT2D eigenvalue weighted by Crippen LogP contribution is -2.29. The second-order valence-electron chi connectivity index (χ2n) is 8.46. The molecule has 0 spiro atoms. The molecule has 1 aliphatic heterocycles. The smallest absolute Gasteiger partial charge is 0.163 e. The van der Waals surface area contributed by atoms with Gasteiger partial charge in [-0.2, -0.15) is 0 Å². The summed E-state index contributed by atoms with van der Waals surface area (Å²) in [6, 6.07) is 5.29. The van der Waals surface area contributed by atoms with Crippen molar-refractivity contribution in [2.75, 3.05) is 27.4 Å². The maximum Gasteiger partial charge on any atom is 0.163 e. The first-order valence-electron chi connectivity index (χ1n) is 11.2. The van der Waals surface area contributed by atoms with E-state index in [1.54, 1.807) is 22.8 Å². The Kier molecular flexibility index (Phi) is 7.33. The number of aryl methyl sites for hydroxylation is 1.